The molecular formula is C24H21N. The summed E-state index contributed by atoms with van der Waals surface area (Å²) in [5, 5.41) is 0. The normalized spacial score (nSPS) is 10.8. The molecule has 0 aliphatic carbocycles. The van der Waals surface area contributed by atoms with Crippen LogP contribution in [0.1, 0.15) is 11.4 Å². The van der Waals surface area contributed by atoms with E-state index in [1.54, 1.807) is 0 Å². The van der Waals surface area contributed by atoms with Crippen LogP contribution in [0.3, 0.4) is 0 Å². The summed E-state index contributed by atoms with van der Waals surface area (Å²) in [7, 11) is 0. The highest BCUT2D eigenvalue weighted by atomic mass is 15.0. The molecule has 4 rings (SSSR count). The lowest BCUT2D eigenvalue weighted by molar-refractivity contribution is 0.968. The average Bonchev–Trinajstić information content (AvgIpc) is 2.94. The molecule has 122 valence electrons. The molecule has 25 heavy (non-hydrogen) atoms. The van der Waals surface area contributed by atoms with Crippen molar-refractivity contribution < 1.29 is 0 Å². The van der Waals surface area contributed by atoms with Crippen LogP contribution in [0.4, 0.5) is 0 Å². The zero-order chi connectivity index (χ0) is 17.2. The highest BCUT2D eigenvalue weighted by Crippen LogP contribution is 2.40. The molecule has 0 bridgehead atoms. The van der Waals surface area contributed by atoms with E-state index in [9.17, 15) is 0 Å². The predicted molar refractivity (Wildman–Crippen MR) is 106 cm³/mol. The van der Waals surface area contributed by atoms with Gasteiger partial charge in [0, 0.05) is 28.2 Å². The summed E-state index contributed by atoms with van der Waals surface area (Å²) in [4.78, 5) is 0. The summed E-state index contributed by atoms with van der Waals surface area (Å²) in [6, 6.07) is 32.0. The third-order valence-corrected chi connectivity index (χ3v) is 4.78. The predicted octanol–water partition coefficient (Wildman–Crippen LogP) is 6.43. The van der Waals surface area contributed by atoms with Crippen LogP contribution in [0.25, 0.3) is 27.9 Å². The van der Waals surface area contributed by atoms with E-state index in [0.29, 0.717) is 0 Å². The van der Waals surface area contributed by atoms with Crippen molar-refractivity contribution >= 4 is 0 Å². The second kappa shape index (κ2) is 6.45. The first-order valence-electron chi connectivity index (χ1n) is 8.65. The van der Waals surface area contributed by atoms with Gasteiger partial charge >= 0.3 is 0 Å². The molecule has 0 aliphatic rings. The maximum absolute atomic E-state index is 2.37. The molecule has 0 atom stereocenters. The summed E-state index contributed by atoms with van der Waals surface area (Å²) in [6.45, 7) is 4.43. The van der Waals surface area contributed by atoms with E-state index in [0.717, 1.165) is 0 Å². The Morgan fingerprint density at radius 2 is 0.840 bits per heavy atom. The third-order valence-electron chi connectivity index (χ3n) is 4.78. The van der Waals surface area contributed by atoms with Crippen LogP contribution in [0.15, 0.2) is 91.0 Å². The Balaban J connectivity index is 2.06. The summed E-state index contributed by atoms with van der Waals surface area (Å²) < 4.78 is 2.37. The van der Waals surface area contributed by atoms with Crippen molar-refractivity contribution in [2.45, 2.75) is 13.8 Å². The molecule has 0 aliphatic heterocycles. The largest absolute Gasteiger partial charge is 0.317 e. The summed E-state index contributed by atoms with van der Waals surface area (Å²) in [5.74, 6) is 0. The van der Waals surface area contributed by atoms with Crippen LogP contribution in [-0.2, 0) is 0 Å². The zero-order valence-electron chi connectivity index (χ0n) is 14.6. The van der Waals surface area contributed by atoms with Gasteiger partial charge in [0.2, 0.25) is 0 Å². The maximum atomic E-state index is 2.37. The smallest absolute Gasteiger partial charge is 0.0455 e. The van der Waals surface area contributed by atoms with E-state index in [4.69, 9.17) is 0 Å². The monoisotopic (exact) mass is 323 g/mol. The lowest BCUT2D eigenvalue weighted by Gasteiger charge is -2.09. The fourth-order valence-corrected chi connectivity index (χ4v) is 3.72. The SMILES string of the molecule is Cc1c(-c2ccccc2)c(-c2ccccc2)c(C)n1-c1ccccc1. The minimum Gasteiger partial charge on any atom is -0.317 e. The van der Waals surface area contributed by atoms with Crippen molar-refractivity contribution in [2.24, 2.45) is 0 Å². The Morgan fingerprint density at radius 1 is 0.480 bits per heavy atom. The van der Waals surface area contributed by atoms with Crippen molar-refractivity contribution in [2.75, 3.05) is 0 Å². The van der Waals surface area contributed by atoms with Gasteiger partial charge in [-0.05, 0) is 37.1 Å². The zero-order valence-corrected chi connectivity index (χ0v) is 14.6. The Labute approximate surface area is 149 Å². The highest BCUT2D eigenvalue weighted by Gasteiger charge is 2.20. The second-order valence-electron chi connectivity index (χ2n) is 6.32. The summed E-state index contributed by atoms with van der Waals surface area (Å²) in [6.07, 6.45) is 0. The summed E-state index contributed by atoms with van der Waals surface area (Å²) >= 11 is 0. The van der Waals surface area contributed by atoms with Crippen LogP contribution in [0.2, 0.25) is 0 Å². The van der Waals surface area contributed by atoms with Crippen LogP contribution in [0, 0.1) is 13.8 Å². The topological polar surface area (TPSA) is 4.93 Å². The van der Waals surface area contributed by atoms with Crippen LogP contribution < -0.4 is 0 Å². The van der Waals surface area contributed by atoms with Gasteiger partial charge in [0.1, 0.15) is 0 Å². The molecule has 0 fully saturated rings. The molecule has 0 spiro atoms. The maximum Gasteiger partial charge on any atom is 0.0455 e. The lowest BCUT2D eigenvalue weighted by atomic mass is 9.95. The Bertz CT molecular complexity index is 918. The van der Waals surface area contributed by atoms with E-state index in [1.165, 1.54) is 39.3 Å². The van der Waals surface area contributed by atoms with Gasteiger partial charge in [-0.2, -0.15) is 0 Å². The minimum atomic E-state index is 1.21. The number of benzene rings is 3. The standard InChI is InChI=1S/C24H21N/c1-18-23(20-12-6-3-7-13-20)24(21-14-8-4-9-15-21)19(2)25(18)22-16-10-5-11-17-22/h3-17H,1-2H3. The second-order valence-corrected chi connectivity index (χ2v) is 6.32. The van der Waals surface area contributed by atoms with Crippen LogP contribution in [0.5, 0.6) is 0 Å². The van der Waals surface area contributed by atoms with Crippen LogP contribution in [-0.4, -0.2) is 4.57 Å². The fourth-order valence-electron chi connectivity index (χ4n) is 3.72. The quantitative estimate of drug-likeness (QED) is 0.409. The number of hydrogen-bond acceptors (Lipinski definition) is 0. The van der Waals surface area contributed by atoms with Crippen molar-refractivity contribution in [3.05, 3.63) is 102 Å². The fraction of sp³-hybridized carbons (Fsp3) is 0.0833. The molecule has 1 heterocycles. The minimum absolute atomic E-state index is 1.21. The molecular weight excluding hydrogens is 302 g/mol. The van der Waals surface area contributed by atoms with Crippen molar-refractivity contribution in [1.82, 2.24) is 4.57 Å². The molecule has 1 nitrogen and oxygen atoms in total. The van der Waals surface area contributed by atoms with Gasteiger partial charge in [0.25, 0.3) is 0 Å². The number of hydrogen-bond donors (Lipinski definition) is 0. The Kier molecular flexibility index (Phi) is 3.99. The Morgan fingerprint density at radius 3 is 1.24 bits per heavy atom. The van der Waals surface area contributed by atoms with Gasteiger partial charge in [-0.15, -0.1) is 0 Å². The molecule has 0 amide bonds. The van der Waals surface area contributed by atoms with Crippen LogP contribution >= 0.6 is 0 Å². The highest BCUT2D eigenvalue weighted by molar-refractivity contribution is 5.88. The van der Waals surface area contributed by atoms with E-state index >= 15 is 0 Å². The van der Waals surface area contributed by atoms with Gasteiger partial charge in [-0.25, -0.2) is 0 Å². The Hall–Kier alpha value is -3.06. The molecule has 0 saturated heterocycles. The van der Waals surface area contributed by atoms with Crippen molar-refractivity contribution in [3.8, 4) is 27.9 Å². The summed E-state index contributed by atoms with van der Waals surface area (Å²) in [5.41, 5.74) is 8.90. The molecule has 0 radical (unpaired) electrons. The van der Waals surface area contributed by atoms with E-state index < -0.39 is 0 Å². The molecule has 4 aromatic rings. The first-order chi connectivity index (χ1) is 12.3. The van der Waals surface area contributed by atoms with Gasteiger partial charge < -0.3 is 4.57 Å². The number of nitrogens with zero attached hydrogens (tertiary/aromatic N) is 1. The number of aromatic nitrogens is 1. The first-order valence-corrected chi connectivity index (χ1v) is 8.65. The van der Waals surface area contributed by atoms with E-state index in [-0.39, 0.29) is 0 Å². The average molecular weight is 323 g/mol. The molecule has 3 aromatic carbocycles. The third kappa shape index (κ3) is 2.68. The van der Waals surface area contributed by atoms with Crippen molar-refractivity contribution in [1.29, 1.82) is 0 Å². The number of para-hydroxylation sites is 1. The van der Waals surface area contributed by atoms with E-state index in [2.05, 4.69) is 109 Å². The first kappa shape index (κ1) is 15.5. The lowest BCUT2D eigenvalue weighted by Crippen LogP contribution is -1.98. The number of rotatable bonds is 3. The van der Waals surface area contributed by atoms with E-state index in [1.807, 2.05) is 0 Å². The molecule has 0 saturated carbocycles. The molecule has 0 unspecified atom stereocenters. The molecule has 1 heteroatoms. The molecule has 0 N–H and O–H groups in total. The van der Waals surface area contributed by atoms with Gasteiger partial charge in [-0.1, -0.05) is 78.9 Å². The molecule has 1 aromatic heterocycles. The van der Waals surface area contributed by atoms with Gasteiger partial charge in [0.15, 0.2) is 0 Å². The van der Waals surface area contributed by atoms with Gasteiger partial charge in [0.05, 0.1) is 0 Å². The van der Waals surface area contributed by atoms with Crippen molar-refractivity contribution in [3.63, 3.8) is 0 Å². The van der Waals surface area contributed by atoms with Gasteiger partial charge in [-0.3, -0.25) is 0 Å².